The fraction of sp³-hybridized carbons (Fsp3) is 0.450. The van der Waals surface area contributed by atoms with Crippen molar-refractivity contribution in [1.29, 1.82) is 0 Å². The number of aromatic amines is 1. The van der Waals surface area contributed by atoms with Crippen molar-refractivity contribution in [3.8, 4) is 0 Å². The fourth-order valence-corrected chi connectivity index (χ4v) is 4.55. The number of hydrogen-bond donors (Lipinski definition) is 1. The van der Waals surface area contributed by atoms with Crippen LogP contribution in [0.3, 0.4) is 0 Å². The topological polar surface area (TPSA) is 66.9 Å². The maximum Gasteiger partial charge on any atom is 0.143 e. The number of rotatable bonds is 2. The van der Waals surface area contributed by atoms with Gasteiger partial charge in [-0.25, -0.2) is 15.0 Å². The third-order valence-corrected chi connectivity index (χ3v) is 5.89. The first-order valence-corrected chi connectivity index (χ1v) is 9.34. The average molecular weight is 349 g/mol. The van der Waals surface area contributed by atoms with Crippen molar-refractivity contribution in [2.45, 2.75) is 38.3 Å². The van der Waals surface area contributed by atoms with Gasteiger partial charge in [0, 0.05) is 43.0 Å². The Kier molecular flexibility index (Phi) is 3.76. The first-order chi connectivity index (χ1) is 12.8. The van der Waals surface area contributed by atoms with Gasteiger partial charge in [0.05, 0.1) is 29.6 Å². The number of nitrogens with one attached hydrogen (secondary N) is 1. The number of imidazole rings is 1. The Morgan fingerprint density at radius 3 is 2.92 bits per heavy atom. The molecule has 0 atom stereocenters. The summed E-state index contributed by atoms with van der Waals surface area (Å²) in [6.07, 6.45) is 4.77. The number of aryl methyl sites for hydroxylation is 1. The van der Waals surface area contributed by atoms with Crippen molar-refractivity contribution in [2.24, 2.45) is 0 Å². The summed E-state index contributed by atoms with van der Waals surface area (Å²) < 4.78 is 5.67. The Balaban J connectivity index is 1.53. The van der Waals surface area contributed by atoms with Crippen LogP contribution >= 0.6 is 0 Å². The van der Waals surface area contributed by atoms with Gasteiger partial charge in [0.15, 0.2) is 0 Å². The lowest BCUT2D eigenvalue weighted by Gasteiger charge is -2.48. The molecular formula is C20H23N5O. The van der Waals surface area contributed by atoms with Crippen LogP contribution in [0.2, 0.25) is 0 Å². The van der Waals surface area contributed by atoms with Crippen molar-refractivity contribution in [3.05, 3.63) is 53.5 Å². The number of benzene rings is 1. The second kappa shape index (κ2) is 6.14. The van der Waals surface area contributed by atoms with E-state index in [1.54, 1.807) is 0 Å². The molecule has 0 bridgehead atoms. The quantitative estimate of drug-likeness (QED) is 0.770. The van der Waals surface area contributed by atoms with Crippen LogP contribution in [0.25, 0.3) is 10.9 Å². The molecule has 1 fully saturated rings. The molecule has 5 rings (SSSR count). The predicted octanol–water partition coefficient (Wildman–Crippen LogP) is 2.73. The third kappa shape index (κ3) is 2.44. The molecule has 6 heteroatoms. The summed E-state index contributed by atoms with van der Waals surface area (Å²) in [5.41, 5.74) is 4.48. The summed E-state index contributed by atoms with van der Waals surface area (Å²) in [6, 6.07) is 8.24. The van der Waals surface area contributed by atoms with Gasteiger partial charge in [0.1, 0.15) is 5.82 Å². The molecule has 1 aromatic carbocycles. The van der Waals surface area contributed by atoms with Gasteiger partial charge >= 0.3 is 0 Å². The molecule has 4 heterocycles. The van der Waals surface area contributed by atoms with E-state index >= 15 is 0 Å². The Bertz CT molecular complexity index is 944. The van der Waals surface area contributed by atoms with Crippen molar-refractivity contribution >= 4 is 10.9 Å². The molecule has 0 radical (unpaired) electrons. The number of fused-ring (bicyclic) bond motifs is 3. The molecule has 1 N–H and O–H groups in total. The van der Waals surface area contributed by atoms with Crippen molar-refractivity contribution in [2.75, 3.05) is 19.8 Å². The number of hydrogen-bond acceptors (Lipinski definition) is 5. The fourth-order valence-electron chi connectivity index (χ4n) is 4.55. The summed E-state index contributed by atoms with van der Waals surface area (Å²) in [6.45, 7) is 5.36. The molecule has 1 spiro atoms. The lowest BCUT2D eigenvalue weighted by Crippen LogP contribution is -2.53. The highest BCUT2D eigenvalue weighted by Crippen LogP contribution is 2.42. The molecule has 134 valence electrons. The van der Waals surface area contributed by atoms with Crippen molar-refractivity contribution in [1.82, 2.24) is 24.8 Å². The standard InChI is InChI=1S/C20H23N5O/c1-14-15-4-2-3-5-16(15)24-18(23-14)12-25-9-6-17-19(22-13-21-17)20(25)7-10-26-11-8-20/h2-5,13H,6-12H2,1H3,(H,21,22). The molecule has 0 saturated carbocycles. The minimum absolute atomic E-state index is 0.0608. The number of nitrogens with zero attached hydrogens (tertiary/aromatic N) is 4. The zero-order valence-electron chi connectivity index (χ0n) is 15.0. The van der Waals surface area contributed by atoms with E-state index in [1.807, 2.05) is 18.5 Å². The third-order valence-electron chi connectivity index (χ3n) is 5.89. The molecule has 1 saturated heterocycles. The van der Waals surface area contributed by atoms with Crippen LogP contribution in [0.4, 0.5) is 0 Å². The average Bonchev–Trinajstić information content (AvgIpc) is 3.15. The molecule has 0 amide bonds. The van der Waals surface area contributed by atoms with Gasteiger partial charge in [0.2, 0.25) is 0 Å². The zero-order valence-corrected chi connectivity index (χ0v) is 15.0. The zero-order chi connectivity index (χ0) is 17.6. The summed E-state index contributed by atoms with van der Waals surface area (Å²) >= 11 is 0. The Morgan fingerprint density at radius 2 is 2.04 bits per heavy atom. The molecule has 2 aliphatic heterocycles. The summed E-state index contributed by atoms with van der Waals surface area (Å²) in [7, 11) is 0. The van der Waals surface area contributed by atoms with Crippen LogP contribution in [0.5, 0.6) is 0 Å². The number of H-pyrrole nitrogens is 1. The van der Waals surface area contributed by atoms with E-state index < -0.39 is 0 Å². The summed E-state index contributed by atoms with van der Waals surface area (Å²) in [4.78, 5) is 20.2. The van der Waals surface area contributed by atoms with Crippen molar-refractivity contribution in [3.63, 3.8) is 0 Å². The second-order valence-electron chi connectivity index (χ2n) is 7.29. The number of para-hydroxylation sites is 1. The van der Waals surface area contributed by atoms with E-state index in [2.05, 4.69) is 28.9 Å². The molecule has 3 aromatic rings. The van der Waals surface area contributed by atoms with E-state index in [1.165, 1.54) is 11.4 Å². The van der Waals surface area contributed by atoms with Crippen LogP contribution in [0, 0.1) is 6.92 Å². The monoisotopic (exact) mass is 349 g/mol. The highest BCUT2D eigenvalue weighted by atomic mass is 16.5. The van der Waals surface area contributed by atoms with E-state index in [0.717, 1.165) is 68.0 Å². The first-order valence-electron chi connectivity index (χ1n) is 9.34. The summed E-state index contributed by atoms with van der Waals surface area (Å²) in [5, 5.41) is 1.13. The van der Waals surface area contributed by atoms with E-state index in [4.69, 9.17) is 19.7 Å². The van der Waals surface area contributed by atoms with Gasteiger partial charge in [-0.2, -0.15) is 0 Å². The molecule has 0 aliphatic carbocycles. The van der Waals surface area contributed by atoms with Gasteiger partial charge in [0.25, 0.3) is 0 Å². The Morgan fingerprint density at radius 1 is 1.19 bits per heavy atom. The minimum Gasteiger partial charge on any atom is -0.381 e. The maximum atomic E-state index is 5.67. The van der Waals surface area contributed by atoms with Crippen LogP contribution in [-0.2, 0) is 23.2 Å². The van der Waals surface area contributed by atoms with E-state index in [0.29, 0.717) is 0 Å². The van der Waals surface area contributed by atoms with Gasteiger partial charge in [-0.3, -0.25) is 4.90 Å². The number of ether oxygens (including phenoxy) is 1. The first kappa shape index (κ1) is 15.9. The Hall–Kier alpha value is -2.31. The van der Waals surface area contributed by atoms with Crippen LogP contribution in [0.1, 0.15) is 35.7 Å². The van der Waals surface area contributed by atoms with Crippen LogP contribution < -0.4 is 0 Å². The minimum atomic E-state index is -0.0608. The molecule has 2 aliphatic rings. The normalized spacial score (nSPS) is 19.7. The van der Waals surface area contributed by atoms with E-state index in [9.17, 15) is 0 Å². The smallest absolute Gasteiger partial charge is 0.143 e. The molecule has 0 unspecified atom stereocenters. The van der Waals surface area contributed by atoms with E-state index in [-0.39, 0.29) is 5.54 Å². The van der Waals surface area contributed by atoms with Gasteiger partial charge in [-0.15, -0.1) is 0 Å². The SMILES string of the molecule is Cc1nc(CN2CCc3[nH]cnc3C23CCOCC3)nc2ccccc12. The predicted molar refractivity (Wildman–Crippen MR) is 98.7 cm³/mol. The molecule has 2 aromatic heterocycles. The second-order valence-corrected chi connectivity index (χ2v) is 7.29. The lowest BCUT2D eigenvalue weighted by atomic mass is 9.80. The number of aromatic nitrogens is 4. The Labute approximate surface area is 152 Å². The van der Waals surface area contributed by atoms with Gasteiger partial charge in [-0.1, -0.05) is 18.2 Å². The maximum absolute atomic E-state index is 5.67. The van der Waals surface area contributed by atoms with Gasteiger partial charge < -0.3 is 9.72 Å². The van der Waals surface area contributed by atoms with Crippen molar-refractivity contribution < 1.29 is 4.74 Å². The molecule has 26 heavy (non-hydrogen) atoms. The van der Waals surface area contributed by atoms with Gasteiger partial charge in [-0.05, 0) is 25.8 Å². The summed E-state index contributed by atoms with van der Waals surface area (Å²) in [5.74, 6) is 0.894. The lowest BCUT2D eigenvalue weighted by molar-refractivity contribution is -0.0460. The largest absolute Gasteiger partial charge is 0.381 e. The van der Waals surface area contributed by atoms with Crippen LogP contribution in [0.15, 0.2) is 30.6 Å². The highest BCUT2D eigenvalue weighted by molar-refractivity contribution is 5.80. The molecular weight excluding hydrogens is 326 g/mol. The van der Waals surface area contributed by atoms with Crippen LogP contribution in [-0.4, -0.2) is 44.6 Å². The molecule has 6 nitrogen and oxygen atoms in total. The highest BCUT2D eigenvalue weighted by Gasteiger charge is 2.45.